The molecule has 0 aromatic carbocycles. The second kappa shape index (κ2) is 8.51. The summed E-state index contributed by atoms with van der Waals surface area (Å²) in [6.45, 7) is 15.8. The Kier molecular flexibility index (Phi) is 7.77. The number of hydrogen-bond donors (Lipinski definition) is 0. The van der Waals surface area contributed by atoms with E-state index in [4.69, 9.17) is 0 Å². The van der Waals surface area contributed by atoms with Gasteiger partial charge in [0.1, 0.15) is 5.82 Å². The van der Waals surface area contributed by atoms with E-state index < -0.39 is 0 Å². The Morgan fingerprint density at radius 2 is 1.94 bits per heavy atom. The molecule has 0 atom stereocenters. The predicted octanol–water partition coefficient (Wildman–Crippen LogP) is 4.69. The van der Waals surface area contributed by atoms with E-state index in [1.165, 1.54) is 11.1 Å². The molecule has 0 heterocycles. The monoisotopic (exact) mass is 246 g/mol. The summed E-state index contributed by atoms with van der Waals surface area (Å²) in [4.78, 5) is 5.95. The minimum Gasteiger partial charge on any atom is -0.330 e. The Balaban J connectivity index is 0.00000137. The van der Waals surface area contributed by atoms with Crippen molar-refractivity contribution in [2.45, 2.75) is 40.5 Å². The van der Waals surface area contributed by atoms with E-state index in [0.717, 1.165) is 24.4 Å². The Morgan fingerprint density at radius 1 is 1.33 bits per heavy atom. The second-order valence-electron chi connectivity index (χ2n) is 4.02. The van der Waals surface area contributed by atoms with Crippen LogP contribution in [0.3, 0.4) is 0 Å². The van der Waals surface area contributed by atoms with E-state index in [1.807, 2.05) is 38.8 Å². The maximum atomic E-state index is 4.12. The number of rotatable bonds is 4. The molecule has 2 heteroatoms. The third-order valence-electron chi connectivity index (χ3n) is 2.90. The van der Waals surface area contributed by atoms with E-state index in [9.17, 15) is 0 Å². The van der Waals surface area contributed by atoms with Crippen molar-refractivity contribution in [3.05, 3.63) is 47.5 Å². The molecule has 100 valence electrons. The highest BCUT2D eigenvalue weighted by Crippen LogP contribution is 2.26. The zero-order chi connectivity index (χ0) is 14.1. The van der Waals surface area contributed by atoms with E-state index in [0.29, 0.717) is 0 Å². The molecule has 0 saturated carbocycles. The molecule has 2 nitrogen and oxygen atoms in total. The minimum atomic E-state index is 0.845. The first kappa shape index (κ1) is 16.4. The highest BCUT2D eigenvalue weighted by molar-refractivity contribution is 5.38. The van der Waals surface area contributed by atoms with Gasteiger partial charge in [-0.2, -0.15) is 0 Å². The highest BCUT2D eigenvalue weighted by atomic mass is 15.2. The van der Waals surface area contributed by atoms with Crippen molar-refractivity contribution in [2.24, 2.45) is 4.99 Å². The van der Waals surface area contributed by atoms with Gasteiger partial charge in [0.25, 0.3) is 0 Å². The molecule has 0 aromatic heterocycles. The molecule has 18 heavy (non-hydrogen) atoms. The summed E-state index contributed by atoms with van der Waals surface area (Å²) in [6, 6.07) is 0. The van der Waals surface area contributed by atoms with Crippen molar-refractivity contribution >= 4 is 6.72 Å². The quantitative estimate of drug-likeness (QED) is 0.657. The van der Waals surface area contributed by atoms with Gasteiger partial charge in [0.05, 0.1) is 0 Å². The van der Waals surface area contributed by atoms with Gasteiger partial charge < -0.3 is 4.90 Å². The van der Waals surface area contributed by atoms with Crippen molar-refractivity contribution in [3.8, 4) is 0 Å². The first-order valence-corrected chi connectivity index (χ1v) is 6.52. The fraction of sp³-hybridized carbons (Fsp3) is 0.438. The molecule has 1 aliphatic carbocycles. The van der Waals surface area contributed by atoms with E-state index in [2.05, 4.69) is 37.4 Å². The molecule has 1 aliphatic rings. The van der Waals surface area contributed by atoms with Crippen LogP contribution in [0, 0.1) is 0 Å². The van der Waals surface area contributed by atoms with Gasteiger partial charge >= 0.3 is 0 Å². The maximum Gasteiger partial charge on any atom is 0.127 e. The normalized spacial score (nSPS) is 14.8. The molecule has 0 bridgehead atoms. The maximum absolute atomic E-state index is 4.12. The van der Waals surface area contributed by atoms with Crippen LogP contribution in [0.4, 0.5) is 0 Å². The summed E-state index contributed by atoms with van der Waals surface area (Å²) in [7, 11) is 1.97. The Hall–Kier alpha value is -1.57. The summed E-state index contributed by atoms with van der Waals surface area (Å²) >= 11 is 0. The van der Waals surface area contributed by atoms with Gasteiger partial charge in [0, 0.05) is 12.7 Å². The zero-order valence-electron chi connectivity index (χ0n) is 12.5. The van der Waals surface area contributed by atoms with Gasteiger partial charge in [-0.3, -0.25) is 0 Å². The van der Waals surface area contributed by atoms with Crippen LogP contribution in [0.2, 0.25) is 0 Å². The lowest BCUT2D eigenvalue weighted by molar-refractivity contribution is 0.518. The number of hydrogen-bond acceptors (Lipinski definition) is 2. The number of likely N-dealkylation sites (N-methyl/N-ethyl adjacent to an activating group) is 1. The Labute approximate surface area is 112 Å². The van der Waals surface area contributed by atoms with Crippen molar-refractivity contribution in [1.29, 1.82) is 0 Å². The standard InChI is InChI=1S/C14H20N2.C2H6/c1-6-14(15-4)16(5)12(3)13-9-7-11(2)8-10-13;1-2/h6-7,9H,3-4,8,10H2,1-2,5H3;1-2H3/b14-6-;. The van der Waals surface area contributed by atoms with Crippen LogP contribution in [-0.4, -0.2) is 18.7 Å². The van der Waals surface area contributed by atoms with Crippen LogP contribution in [-0.2, 0) is 0 Å². The SMILES string of the molecule is C=N/C(=C/C)N(C)C(=C)C1=CC=C(C)CC1.CC. The van der Waals surface area contributed by atoms with E-state index in [1.54, 1.807) is 0 Å². The van der Waals surface area contributed by atoms with Crippen molar-refractivity contribution in [3.63, 3.8) is 0 Å². The molecule has 0 aromatic rings. The van der Waals surface area contributed by atoms with Crippen LogP contribution in [0.1, 0.15) is 40.5 Å². The fourth-order valence-corrected chi connectivity index (χ4v) is 1.73. The second-order valence-corrected chi connectivity index (χ2v) is 4.02. The molecule has 0 spiro atoms. The summed E-state index contributed by atoms with van der Waals surface area (Å²) in [6.07, 6.45) is 8.41. The lowest BCUT2D eigenvalue weighted by Gasteiger charge is -2.25. The summed E-state index contributed by atoms with van der Waals surface area (Å²) in [5.74, 6) is 0.845. The molecule has 0 radical (unpaired) electrons. The molecule has 0 amide bonds. The van der Waals surface area contributed by atoms with Crippen LogP contribution >= 0.6 is 0 Å². The molecule has 0 aliphatic heterocycles. The van der Waals surface area contributed by atoms with E-state index in [-0.39, 0.29) is 0 Å². The van der Waals surface area contributed by atoms with Crippen molar-refractivity contribution in [1.82, 2.24) is 4.90 Å². The van der Waals surface area contributed by atoms with Crippen LogP contribution in [0.15, 0.2) is 52.5 Å². The average molecular weight is 246 g/mol. The number of allylic oxidation sites excluding steroid dienone is 5. The summed E-state index contributed by atoms with van der Waals surface area (Å²) in [5, 5.41) is 0. The van der Waals surface area contributed by atoms with Gasteiger partial charge in [-0.25, -0.2) is 4.99 Å². The molecular formula is C16H26N2. The van der Waals surface area contributed by atoms with Crippen LogP contribution in [0.25, 0.3) is 0 Å². The van der Waals surface area contributed by atoms with Gasteiger partial charge in [-0.15, -0.1) is 0 Å². The lowest BCUT2D eigenvalue weighted by Crippen LogP contribution is -2.17. The predicted molar refractivity (Wildman–Crippen MR) is 82.6 cm³/mol. The molecule has 0 unspecified atom stereocenters. The van der Waals surface area contributed by atoms with E-state index >= 15 is 0 Å². The Morgan fingerprint density at radius 3 is 2.33 bits per heavy atom. The molecule has 0 saturated heterocycles. The summed E-state index contributed by atoms with van der Waals surface area (Å²) < 4.78 is 0. The van der Waals surface area contributed by atoms with Crippen molar-refractivity contribution < 1.29 is 0 Å². The highest BCUT2D eigenvalue weighted by Gasteiger charge is 2.12. The first-order valence-electron chi connectivity index (χ1n) is 6.52. The average Bonchev–Trinajstić information content (AvgIpc) is 2.42. The Bertz CT molecular complexity index is 384. The molecule has 0 fully saturated rings. The lowest BCUT2D eigenvalue weighted by atomic mass is 9.97. The third kappa shape index (κ3) is 4.36. The largest absolute Gasteiger partial charge is 0.330 e. The van der Waals surface area contributed by atoms with Gasteiger partial charge in [0.2, 0.25) is 0 Å². The van der Waals surface area contributed by atoms with Crippen LogP contribution < -0.4 is 0 Å². The van der Waals surface area contributed by atoms with Crippen molar-refractivity contribution in [2.75, 3.05) is 7.05 Å². The molecular weight excluding hydrogens is 220 g/mol. The number of aliphatic imine (C=N–C) groups is 1. The van der Waals surface area contributed by atoms with Crippen LogP contribution in [0.5, 0.6) is 0 Å². The molecule has 1 rings (SSSR count). The first-order chi connectivity index (χ1) is 8.60. The topological polar surface area (TPSA) is 15.6 Å². The zero-order valence-corrected chi connectivity index (χ0v) is 12.5. The molecule has 0 N–H and O–H groups in total. The van der Waals surface area contributed by atoms with Gasteiger partial charge in [0.15, 0.2) is 0 Å². The smallest absolute Gasteiger partial charge is 0.127 e. The minimum absolute atomic E-state index is 0.845. The fourth-order valence-electron chi connectivity index (χ4n) is 1.73. The summed E-state index contributed by atoms with van der Waals surface area (Å²) in [5.41, 5.74) is 3.70. The van der Waals surface area contributed by atoms with Gasteiger partial charge in [-0.1, -0.05) is 38.2 Å². The third-order valence-corrected chi connectivity index (χ3v) is 2.90. The number of nitrogens with zero attached hydrogens (tertiary/aromatic N) is 2. The van der Waals surface area contributed by atoms with Gasteiger partial charge in [-0.05, 0) is 45.1 Å².